The summed E-state index contributed by atoms with van der Waals surface area (Å²) in [4.78, 5) is 2.51. The van der Waals surface area contributed by atoms with Crippen LogP contribution in [0.4, 0.5) is 0 Å². The molecule has 1 heterocycles. The van der Waals surface area contributed by atoms with E-state index in [4.69, 9.17) is 0 Å². The van der Waals surface area contributed by atoms with Gasteiger partial charge in [0.1, 0.15) is 0 Å². The maximum atomic E-state index is 9.61. The average Bonchev–Trinajstić information content (AvgIpc) is 2.75. The summed E-state index contributed by atoms with van der Waals surface area (Å²) >= 11 is 0. The minimum atomic E-state index is -0.0638. The zero-order valence-corrected chi connectivity index (χ0v) is 8.74. The largest absolute Gasteiger partial charge is 0.392 e. The van der Waals surface area contributed by atoms with E-state index in [2.05, 4.69) is 18.7 Å². The first-order chi connectivity index (χ1) is 6.16. The maximum Gasteiger partial charge on any atom is 0.0682 e. The quantitative estimate of drug-likeness (QED) is 0.716. The molecule has 1 aliphatic heterocycles. The number of aliphatic hydroxyl groups excluding tert-OH is 1. The maximum absolute atomic E-state index is 9.61. The van der Waals surface area contributed by atoms with E-state index in [1.807, 2.05) is 0 Å². The smallest absolute Gasteiger partial charge is 0.0682 e. The monoisotopic (exact) mass is 183 g/mol. The molecule has 2 heteroatoms. The van der Waals surface area contributed by atoms with Crippen molar-refractivity contribution < 1.29 is 5.11 Å². The highest BCUT2D eigenvalue weighted by Gasteiger charge is 2.35. The normalized spacial score (nSPS) is 36.0. The van der Waals surface area contributed by atoms with Crippen LogP contribution in [0.1, 0.15) is 33.1 Å². The second-order valence-corrected chi connectivity index (χ2v) is 5.10. The molecule has 0 bridgehead atoms. The summed E-state index contributed by atoms with van der Waals surface area (Å²) in [5.74, 6) is 1.64. The lowest BCUT2D eigenvalue weighted by atomic mass is 10.0. The van der Waals surface area contributed by atoms with Crippen LogP contribution in [0.15, 0.2) is 0 Å². The van der Waals surface area contributed by atoms with Crippen molar-refractivity contribution in [3.8, 4) is 0 Å². The Labute approximate surface area is 80.9 Å². The minimum Gasteiger partial charge on any atom is -0.392 e. The van der Waals surface area contributed by atoms with Crippen molar-refractivity contribution in [1.82, 2.24) is 4.90 Å². The van der Waals surface area contributed by atoms with Gasteiger partial charge in [-0.25, -0.2) is 0 Å². The van der Waals surface area contributed by atoms with Gasteiger partial charge in [0.15, 0.2) is 0 Å². The molecule has 0 radical (unpaired) electrons. The SMILES string of the molecule is CC(C)C1CC(O)CN1CC1CC1. The Morgan fingerprint density at radius 3 is 2.62 bits per heavy atom. The molecule has 0 aromatic heterocycles. The first-order valence-corrected chi connectivity index (χ1v) is 5.59. The summed E-state index contributed by atoms with van der Waals surface area (Å²) in [6.07, 6.45) is 3.75. The van der Waals surface area contributed by atoms with E-state index < -0.39 is 0 Å². The topological polar surface area (TPSA) is 23.5 Å². The molecule has 76 valence electrons. The van der Waals surface area contributed by atoms with Gasteiger partial charge >= 0.3 is 0 Å². The molecule has 0 amide bonds. The fraction of sp³-hybridized carbons (Fsp3) is 1.00. The van der Waals surface area contributed by atoms with E-state index in [9.17, 15) is 5.11 Å². The lowest BCUT2D eigenvalue weighted by Gasteiger charge is -2.26. The van der Waals surface area contributed by atoms with Crippen molar-refractivity contribution in [1.29, 1.82) is 0 Å². The molecule has 2 rings (SSSR count). The third kappa shape index (κ3) is 2.23. The van der Waals surface area contributed by atoms with E-state index in [1.165, 1.54) is 19.4 Å². The van der Waals surface area contributed by atoms with Crippen LogP contribution in [0.5, 0.6) is 0 Å². The average molecular weight is 183 g/mol. The zero-order chi connectivity index (χ0) is 9.42. The molecular formula is C11H21NO. The summed E-state index contributed by atoms with van der Waals surface area (Å²) in [5, 5.41) is 9.61. The third-order valence-electron chi connectivity index (χ3n) is 3.39. The number of likely N-dealkylation sites (tertiary alicyclic amines) is 1. The molecule has 0 aromatic rings. The van der Waals surface area contributed by atoms with Gasteiger partial charge in [-0.1, -0.05) is 13.8 Å². The molecule has 1 saturated heterocycles. The molecule has 1 N–H and O–H groups in total. The van der Waals surface area contributed by atoms with Crippen LogP contribution < -0.4 is 0 Å². The Morgan fingerprint density at radius 2 is 2.08 bits per heavy atom. The molecule has 1 aliphatic carbocycles. The van der Waals surface area contributed by atoms with Gasteiger partial charge in [0.05, 0.1) is 6.10 Å². The summed E-state index contributed by atoms with van der Waals surface area (Å²) < 4.78 is 0. The number of hydrogen-bond acceptors (Lipinski definition) is 2. The molecule has 0 spiro atoms. The van der Waals surface area contributed by atoms with Crippen LogP contribution in [-0.2, 0) is 0 Å². The van der Waals surface area contributed by atoms with Gasteiger partial charge < -0.3 is 5.11 Å². The fourth-order valence-corrected chi connectivity index (χ4v) is 2.44. The molecule has 2 aliphatic rings. The van der Waals surface area contributed by atoms with Crippen LogP contribution in [0.2, 0.25) is 0 Å². The van der Waals surface area contributed by atoms with Gasteiger partial charge in [0.2, 0.25) is 0 Å². The molecular weight excluding hydrogens is 162 g/mol. The van der Waals surface area contributed by atoms with Gasteiger partial charge in [-0.05, 0) is 31.1 Å². The fourth-order valence-electron chi connectivity index (χ4n) is 2.44. The molecule has 1 saturated carbocycles. The molecule has 0 aromatic carbocycles. The molecule has 2 fully saturated rings. The lowest BCUT2D eigenvalue weighted by Crippen LogP contribution is -2.35. The van der Waals surface area contributed by atoms with Crippen LogP contribution in [0.25, 0.3) is 0 Å². The zero-order valence-electron chi connectivity index (χ0n) is 8.74. The number of hydrogen-bond donors (Lipinski definition) is 1. The van der Waals surface area contributed by atoms with E-state index in [0.29, 0.717) is 12.0 Å². The molecule has 13 heavy (non-hydrogen) atoms. The van der Waals surface area contributed by atoms with Crippen molar-refractivity contribution in [2.24, 2.45) is 11.8 Å². The Kier molecular flexibility index (Phi) is 2.61. The standard InChI is InChI=1S/C11H21NO/c1-8(2)11-5-10(13)7-12(11)6-9-3-4-9/h8-11,13H,3-7H2,1-2H3. The van der Waals surface area contributed by atoms with Gasteiger partial charge in [-0.3, -0.25) is 4.90 Å². The Morgan fingerprint density at radius 1 is 1.38 bits per heavy atom. The highest BCUT2D eigenvalue weighted by atomic mass is 16.3. The first-order valence-electron chi connectivity index (χ1n) is 5.59. The van der Waals surface area contributed by atoms with Gasteiger partial charge in [-0.15, -0.1) is 0 Å². The molecule has 2 nitrogen and oxygen atoms in total. The number of β-amino-alcohol motifs (C(OH)–C–C–N with tert-alkyl or cyclic N) is 1. The second kappa shape index (κ2) is 3.58. The third-order valence-corrected chi connectivity index (χ3v) is 3.39. The van der Waals surface area contributed by atoms with Crippen LogP contribution in [-0.4, -0.2) is 35.2 Å². The van der Waals surface area contributed by atoms with Crippen molar-refractivity contribution in [3.63, 3.8) is 0 Å². The van der Waals surface area contributed by atoms with Gasteiger partial charge in [-0.2, -0.15) is 0 Å². The Balaban J connectivity index is 1.90. The number of nitrogens with zero attached hydrogens (tertiary/aromatic N) is 1. The summed E-state index contributed by atoms with van der Waals surface area (Å²) in [6, 6.07) is 0.635. The van der Waals surface area contributed by atoms with E-state index in [-0.39, 0.29) is 6.10 Å². The summed E-state index contributed by atoms with van der Waals surface area (Å²) in [6.45, 7) is 6.68. The highest BCUT2D eigenvalue weighted by molar-refractivity contribution is 4.90. The van der Waals surface area contributed by atoms with Crippen molar-refractivity contribution >= 4 is 0 Å². The number of aliphatic hydroxyl groups is 1. The van der Waals surface area contributed by atoms with Crippen molar-refractivity contribution in [2.45, 2.75) is 45.3 Å². The summed E-state index contributed by atoms with van der Waals surface area (Å²) in [5.41, 5.74) is 0. The predicted molar refractivity (Wildman–Crippen MR) is 53.5 cm³/mol. The van der Waals surface area contributed by atoms with Crippen molar-refractivity contribution in [3.05, 3.63) is 0 Å². The molecule has 2 atom stereocenters. The second-order valence-electron chi connectivity index (χ2n) is 5.10. The van der Waals surface area contributed by atoms with E-state index in [0.717, 1.165) is 18.9 Å². The van der Waals surface area contributed by atoms with E-state index >= 15 is 0 Å². The van der Waals surface area contributed by atoms with Gasteiger partial charge in [0, 0.05) is 19.1 Å². The van der Waals surface area contributed by atoms with E-state index in [1.54, 1.807) is 0 Å². The lowest BCUT2D eigenvalue weighted by molar-refractivity contribution is 0.169. The Bertz CT molecular complexity index is 177. The minimum absolute atomic E-state index is 0.0638. The van der Waals surface area contributed by atoms with Crippen LogP contribution in [0.3, 0.4) is 0 Å². The molecule has 2 unspecified atom stereocenters. The van der Waals surface area contributed by atoms with Gasteiger partial charge in [0.25, 0.3) is 0 Å². The predicted octanol–water partition coefficient (Wildman–Crippen LogP) is 1.49. The first kappa shape index (κ1) is 9.47. The summed E-state index contributed by atoms with van der Waals surface area (Å²) in [7, 11) is 0. The Hall–Kier alpha value is -0.0800. The van der Waals surface area contributed by atoms with Crippen molar-refractivity contribution in [2.75, 3.05) is 13.1 Å². The van der Waals surface area contributed by atoms with Crippen LogP contribution in [0, 0.1) is 11.8 Å². The van der Waals surface area contributed by atoms with Crippen LogP contribution >= 0.6 is 0 Å². The highest BCUT2D eigenvalue weighted by Crippen LogP contribution is 2.33. The number of rotatable bonds is 3.